The first-order chi connectivity index (χ1) is 16.4. The predicted molar refractivity (Wildman–Crippen MR) is 124 cm³/mol. The van der Waals surface area contributed by atoms with E-state index in [-0.39, 0.29) is 6.42 Å². The van der Waals surface area contributed by atoms with Crippen molar-refractivity contribution in [3.05, 3.63) is 65.7 Å². The van der Waals surface area contributed by atoms with E-state index in [1.165, 1.54) is 14.2 Å². The Morgan fingerprint density at radius 2 is 1.68 bits per heavy atom. The zero-order valence-corrected chi connectivity index (χ0v) is 19.2. The summed E-state index contributed by atoms with van der Waals surface area (Å²) in [5, 5.41) is 5.45. The fourth-order valence-corrected chi connectivity index (χ4v) is 3.56. The summed E-state index contributed by atoms with van der Waals surface area (Å²) in [6, 6.07) is 13.7. The van der Waals surface area contributed by atoms with Crippen LogP contribution in [0.3, 0.4) is 0 Å². The maximum atomic E-state index is 13.2. The monoisotopic (exact) mass is 467 g/mol. The molecule has 9 nitrogen and oxygen atoms in total. The Hall–Kier alpha value is -3.72. The molecule has 2 aromatic carbocycles. The number of nitrogens with one attached hydrogen (secondary N) is 3. The highest BCUT2D eigenvalue weighted by atomic mass is 16.6. The second-order valence-electron chi connectivity index (χ2n) is 8.19. The number of hydroxylamine groups is 1. The van der Waals surface area contributed by atoms with Crippen LogP contribution in [0.4, 0.5) is 0 Å². The molecule has 3 amide bonds. The van der Waals surface area contributed by atoms with Gasteiger partial charge >= 0.3 is 5.91 Å². The van der Waals surface area contributed by atoms with E-state index in [2.05, 4.69) is 15.5 Å². The van der Waals surface area contributed by atoms with Gasteiger partial charge in [-0.25, -0.2) is 5.48 Å². The number of rotatable bonds is 12. The first-order valence-electron chi connectivity index (χ1n) is 11.1. The molecule has 0 aliphatic heterocycles. The Bertz CT molecular complexity index is 1020. The van der Waals surface area contributed by atoms with E-state index in [1.54, 1.807) is 48.5 Å². The van der Waals surface area contributed by atoms with Gasteiger partial charge in [-0.15, -0.1) is 0 Å². The topological polar surface area (TPSA) is 123 Å². The molecule has 0 aromatic heterocycles. The molecule has 1 unspecified atom stereocenters. The van der Waals surface area contributed by atoms with Crippen LogP contribution in [0.2, 0.25) is 0 Å². The number of Topliss-reactive ketones (excluding diaryl/α,β-unsaturated/α-hetero) is 1. The first kappa shape index (κ1) is 24.9. The van der Waals surface area contributed by atoms with E-state index in [4.69, 9.17) is 4.74 Å². The van der Waals surface area contributed by atoms with Gasteiger partial charge in [0.25, 0.3) is 5.91 Å². The number of ketones is 1. The summed E-state index contributed by atoms with van der Waals surface area (Å²) in [4.78, 5) is 55.5. The quantitative estimate of drug-likeness (QED) is 0.322. The second kappa shape index (κ2) is 11.9. The van der Waals surface area contributed by atoms with Gasteiger partial charge < -0.3 is 15.4 Å². The molecule has 1 aliphatic rings. The lowest BCUT2D eigenvalue weighted by Crippen LogP contribution is -2.54. The number of benzene rings is 2. The van der Waals surface area contributed by atoms with Crippen LogP contribution >= 0.6 is 0 Å². The molecular formula is C25H29N3O6. The zero-order valence-electron chi connectivity index (χ0n) is 19.2. The highest BCUT2D eigenvalue weighted by molar-refractivity contribution is 6.38. The van der Waals surface area contributed by atoms with Crippen molar-refractivity contribution in [2.24, 2.45) is 5.92 Å². The summed E-state index contributed by atoms with van der Waals surface area (Å²) in [5.41, 5.74) is 3.12. The number of ether oxygens (including phenoxy) is 1. The summed E-state index contributed by atoms with van der Waals surface area (Å²) >= 11 is 0. The standard InChI is InChI=1S/C25H29N3O6/c1-33-19-10-6-9-18(15-19)23(30)27-21(14-17-11-12-17)24(31)26-20(22(29)25(32)28-34-2)13-16-7-4-3-5-8-16/h3-10,15,17,20-21H,11-14H2,1-2H3,(H,26,31)(H,27,30)(H,28,32)/t20?,21-/m0/s1. The molecule has 34 heavy (non-hydrogen) atoms. The molecule has 180 valence electrons. The van der Waals surface area contributed by atoms with Gasteiger partial charge in [0.05, 0.1) is 14.2 Å². The molecule has 1 saturated carbocycles. The minimum absolute atomic E-state index is 0.114. The van der Waals surface area contributed by atoms with Gasteiger partial charge in [0.1, 0.15) is 17.8 Å². The average molecular weight is 468 g/mol. The number of methoxy groups -OCH3 is 1. The maximum Gasteiger partial charge on any atom is 0.313 e. The number of hydrogen-bond acceptors (Lipinski definition) is 6. The molecule has 0 heterocycles. The number of hydrogen-bond donors (Lipinski definition) is 3. The van der Waals surface area contributed by atoms with E-state index >= 15 is 0 Å². The molecule has 3 N–H and O–H groups in total. The van der Waals surface area contributed by atoms with E-state index in [1.807, 2.05) is 11.5 Å². The lowest BCUT2D eigenvalue weighted by Gasteiger charge is -2.23. The van der Waals surface area contributed by atoms with Crippen LogP contribution in [0, 0.1) is 5.92 Å². The van der Waals surface area contributed by atoms with Crippen molar-refractivity contribution in [2.75, 3.05) is 14.2 Å². The van der Waals surface area contributed by atoms with Gasteiger partial charge in [-0.2, -0.15) is 0 Å². The summed E-state index contributed by atoms with van der Waals surface area (Å²) < 4.78 is 5.16. The molecule has 0 radical (unpaired) electrons. The minimum atomic E-state index is -1.12. The van der Waals surface area contributed by atoms with Crippen molar-refractivity contribution in [1.29, 1.82) is 0 Å². The third-order valence-corrected chi connectivity index (χ3v) is 5.55. The minimum Gasteiger partial charge on any atom is -0.497 e. The smallest absolute Gasteiger partial charge is 0.313 e. The first-order valence-corrected chi connectivity index (χ1v) is 11.1. The Kier molecular flexibility index (Phi) is 8.75. The molecule has 2 atom stereocenters. The van der Waals surface area contributed by atoms with Gasteiger partial charge in [0.2, 0.25) is 11.7 Å². The van der Waals surface area contributed by atoms with Crippen LogP contribution < -0.4 is 20.9 Å². The van der Waals surface area contributed by atoms with Gasteiger partial charge in [0, 0.05) is 12.0 Å². The van der Waals surface area contributed by atoms with Crippen LogP contribution in [-0.2, 0) is 25.6 Å². The van der Waals surface area contributed by atoms with Crippen molar-refractivity contribution >= 4 is 23.5 Å². The lowest BCUT2D eigenvalue weighted by molar-refractivity contribution is -0.146. The van der Waals surface area contributed by atoms with Crippen molar-refractivity contribution in [1.82, 2.24) is 16.1 Å². The van der Waals surface area contributed by atoms with Crippen molar-refractivity contribution in [3.63, 3.8) is 0 Å². The van der Waals surface area contributed by atoms with Crippen LogP contribution in [0.1, 0.15) is 35.2 Å². The summed E-state index contributed by atoms with van der Waals surface area (Å²) in [7, 11) is 2.72. The van der Waals surface area contributed by atoms with E-state index in [9.17, 15) is 19.2 Å². The van der Waals surface area contributed by atoms with Crippen LogP contribution in [0.5, 0.6) is 5.75 Å². The molecule has 1 aliphatic carbocycles. The van der Waals surface area contributed by atoms with Gasteiger partial charge in [-0.1, -0.05) is 49.2 Å². The van der Waals surface area contributed by atoms with E-state index < -0.39 is 35.6 Å². The summed E-state index contributed by atoms with van der Waals surface area (Å²) in [5.74, 6) is -1.92. The molecule has 2 aromatic rings. The molecule has 0 bridgehead atoms. The molecule has 9 heteroatoms. The van der Waals surface area contributed by atoms with E-state index in [0.717, 1.165) is 18.4 Å². The largest absolute Gasteiger partial charge is 0.497 e. The highest BCUT2D eigenvalue weighted by Gasteiger charge is 2.34. The second-order valence-corrected chi connectivity index (χ2v) is 8.19. The van der Waals surface area contributed by atoms with E-state index in [0.29, 0.717) is 23.7 Å². The Morgan fingerprint density at radius 1 is 0.941 bits per heavy atom. The molecule has 3 rings (SSSR count). The third kappa shape index (κ3) is 7.14. The number of amides is 3. The fraction of sp³-hybridized carbons (Fsp3) is 0.360. The maximum absolute atomic E-state index is 13.2. The lowest BCUT2D eigenvalue weighted by atomic mass is 10.0. The highest BCUT2D eigenvalue weighted by Crippen LogP contribution is 2.33. The molecule has 0 spiro atoms. The normalized spacial score (nSPS) is 14.4. The SMILES string of the molecule is CONC(=O)C(=O)C(Cc1ccccc1)NC(=O)[C@H](CC1CC1)NC(=O)c1cccc(OC)c1. The van der Waals surface area contributed by atoms with Crippen molar-refractivity contribution < 1.29 is 28.8 Å². The Labute approximate surface area is 198 Å². The zero-order chi connectivity index (χ0) is 24.5. The van der Waals surface area contributed by atoms with Crippen LogP contribution in [0.15, 0.2) is 54.6 Å². The van der Waals surface area contributed by atoms with Gasteiger partial charge in [0.15, 0.2) is 0 Å². The summed E-state index contributed by atoms with van der Waals surface area (Å²) in [6.45, 7) is 0. The van der Waals surface area contributed by atoms with Gasteiger partial charge in [-0.05, 0) is 36.1 Å². The Morgan fingerprint density at radius 3 is 2.32 bits per heavy atom. The molecule has 1 fully saturated rings. The average Bonchev–Trinajstić information content (AvgIpc) is 3.67. The van der Waals surface area contributed by atoms with Crippen molar-refractivity contribution in [3.8, 4) is 5.75 Å². The van der Waals surface area contributed by atoms with Gasteiger partial charge in [-0.3, -0.25) is 24.0 Å². The Balaban J connectivity index is 1.76. The van der Waals surface area contributed by atoms with Crippen molar-refractivity contribution in [2.45, 2.75) is 37.8 Å². The fourth-order valence-electron chi connectivity index (χ4n) is 3.56. The number of carbonyl (C=O) groups excluding carboxylic acids is 4. The molecular weight excluding hydrogens is 438 g/mol. The summed E-state index contributed by atoms with van der Waals surface area (Å²) in [6.07, 6.45) is 2.50. The molecule has 0 saturated heterocycles. The third-order valence-electron chi connectivity index (χ3n) is 5.55. The predicted octanol–water partition coefficient (Wildman–Crippen LogP) is 1.57. The van der Waals surface area contributed by atoms with Crippen LogP contribution in [0.25, 0.3) is 0 Å². The van der Waals surface area contributed by atoms with Crippen LogP contribution in [-0.4, -0.2) is 49.8 Å². The number of carbonyl (C=O) groups is 4.